The summed E-state index contributed by atoms with van der Waals surface area (Å²) in [5, 5.41) is 15.1. The third-order valence-electron chi connectivity index (χ3n) is 5.24. The molecule has 2 amide bonds. The van der Waals surface area contributed by atoms with Gasteiger partial charge in [-0.05, 0) is 38.0 Å². The summed E-state index contributed by atoms with van der Waals surface area (Å²) in [6.07, 6.45) is 7.01. The number of aliphatic carboxylic acids is 1. The largest absolute Gasteiger partial charge is 0.481 e. The van der Waals surface area contributed by atoms with E-state index in [2.05, 4.69) is 17.6 Å². The molecule has 2 aliphatic rings. The van der Waals surface area contributed by atoms with Crippen molar-refractivity contribution >= 4 is 12.0 Å². The molecule has 5 nitrogen and oxygen atoms in total. The second kappa shape index (κ2) is 5.62. The van der Waals surface area contributed by atoms with Gasteiger partial charge in [-0.25, -0.2) is 4.79 Å². The van der Waals surface area contributed by atoms with E-state index in [-0.39, 0.29) is 17.5 Å². The predicted molar refractivity (Wildman–Crippen MR) is 76.5 cm³/mol. The van der Waals surface area contributed by atoms with Crippen LogP contribution >= 0.6 is 0 Å². The Morgan fingerprint density at radius 2 is 1.80 bits per heavy atom. The van der Waals surface area contributed by atoms with Gasteiger partial charge in [0.1, 0.15) is 0 Å². The van der Waals surface area contributed by atoms with Gasteiger partial charge < -0.3 is 15.7 Å². The molecule has 0 radical (unpaired) electrons. The molecule has 3 N–H and O–H groups in total. The highest BCUT2D eigenvalue weighted by atomic mass is 16.4. The number of amides is 2. The van der Waals surface area contributed by atoms with E-state index in [0.717, 1.165) is 25.7 Å². The highest BCUT2D eigenvalue weighted by Gasteiger charge is 2.46. The van der Waals surface area contributed by atoms with Gasteiger partial charge in [0.15, 0.2) is 0 Å². The number of hydrogen-bond acceptors (Lipinski definition) is 2. The van der Waals surface area contributed by atoms with Crippen molar-refractivity contribution in [1.29, 1.82) is 0 Å². The monoisotopic (exact) mass is 282 g/mol. The molecule has 0 spiro atoms. The van der Waals surface area contributed by atoms with E-state index in [0.29, 0.717) is 13.0 Å². The molecule has 2 atom stereocenters. The number of nitrogens with one attached hydrogen (secondary N) is 2. The molecular formula is C15H26N2O3. The summed E-state index contributed by atoms with van der Waals surface area (Å²) in [5.74, 6) is -0.817. The van der Waals surface area contributed by atoms with Crippen LogP contribution in [0.2, 0.25) is 0 Å². The Labute approximate surface area is 120 Å². The van der Waals surface area contributed by atoms with Crippen LogP contribution in [0.15, 0.2) is 0 Å². The third-order valence-corrected chi connectivity index (χ3v) is 5.24. The van der Waals surface area contributed by atoms with Gasteiger partial charge in [-0.3, -0.25) is 4.79 Å². The Hall–Kier alpha value is -1.26. The summed E-state index contributed by atoms with van der Waals surface area (Å²) >= 11 is 0. The first-order chi connectivity index (χ1) is 9.36. The average Bonchev–Trinajstić information content (AvgIpc) is 2.96. The lowest BCUT2D eigenvalue weighted by molar-refractivity contribution is -0.148. The molecular weight excluding hydrogens is 256 g/mol. The molecule has 2 saturated carbocycles. The number of carbonyl (C=O) groups excluding carboxylic acids is 1. The fourth-order valence-corrected chi connectivity index (χ4v) is 3.56. The van der Waals surface area contributed by atoms with Crippen LogP contribution < -0.4 is 10.6 Å². The molecule has 114 valence electrons. The van der Waals surface area contributed by atoms with E-state index in [9.17, 15) is 14.7 Å². The van der Waals surface area contributed by atoms with Crippen molar-refractivity contribution in [3.63, 3.8) is 0 Å². The van der Waals surface area contributed by atoms with Crippen molar-refractivity contribution in [2.75, 3.05) is 6.54 Å². The van der Waals surface area contributed by atoms with Gasteiger partial charge in [-0.1, -0.05) is 26.2 Å². The van der Waals surface area contributed by atoms with E-state index in [1.165, 1.54) is 12.8 Å². The maximum atomic E-state index is 12.0. The van der Waals surface area contributed by atoms with Crippen molar-refractivity contribution in [3.05, 3.63) is 0 Å². The highest BCUT2D eigenvalue weighted by Crippen LogP contribution is 2.38. The summed E-state index contributed by atoms with van der Waals surface area (Å²) in [4.78, 5) is 23.4. The molecule has 0 bridgehead atoms. The molecule has 0 aromatic heterocycles. The zero-order chi connectivity index (χ0) is 14.8. The fraction of sp³-hybridized carbons (Fsp3) is 0.867. The normalized spacial score (nSPS) is 32.0. The average molecular weight is 282 g/mol. The summed E-state index contributed by atoms with van der Waals surface area (Å²) in [5.41, 5.74) is -0.613. The summed E-state index contributed by atoms with van der Waals surface area (Å²) in [6.45, 7) is 4.61. The zero-order valence-electron chi connectivity index (χ0n) is 12.5. The number of rotatable bonds is 4. The van der Waals surface area contributed by atoms with Crippen molar-refractivity contribution < 1.29 is 14.7 Å². The third kappa shape index (κ3) is 3.07. The van der Waals surface area contributed by atoms with Crippen LogP contribution in [0, 0.1) is 10.8 Å². The molecule has 20 heavy (non-hydrogen) atoms. The van der Waals surface area contributed by atoms with E-state index in [4.69, 9.17) is 0 Å². The number of carboxylic acid groups (broad SMARTS) is 1. The minimum absolute atomic E-state index is 0.211. The molecule has 0 heterocycles. The van der Waals surface area contributed by atoms with Crippen LogP contribution in [0.4, 0.5) is 4.79 Å². The molecule has 0 aromatic rings. The molecule has 2 rings (SSSR count). The number of urea groups is 1. The van der Waals surface area contributed by atoms with Crippen LogP contribution in [0.1, 0.15) is 58.8 Å². The van der Waals surface area contributed by atoms with Crippen molar-refractivity contribution in [2.24, 2.45) is 10.8 Å². The first-order valence-electron chi connectivity index (χ1n) is 7.64. The SMILES string of the molecule is CC1(CNC(=O)NC2CCCC2(C)C(=O)O)CCCC1. The standard InChI is InChI=1S/C15H26N2O3/c1-14(7-3-4-8-14)10-16-13(20)17-11-6-5-9-15(11,2)12(18)19/h11H,3-10H2,1-2H3,(H,18,19)(H2,16,17,20). The molecule has 0 aromatic carbocycles. The minimum atomic E-state index is -0.825. The maximum absolute atomic E-state index is 12.0. The van der Waals surface area contributed by atoms with Gasteiger partial charge >= 0.3 is 12.0 Å². The predicted octanol–water partition coefficient (Wildman–Crippen LogP) is 2.51. The lowest BCUT2D eigenvalue weighted by Crippen LogP contribution is -2.51. The Kier molecular flexibility index (Phi) is 4.25. The number of carbonyl (C=O) groups is 2. The lowest BCUT2D eigenvalue weighted by atomic mass is 9.85. The van der Waals surface area contributed by atoms with Gasteiger partial charge in [-0.15, -0.1) is 0 Å². The molecule has 0 aliphatic heterocycles. The second-order valence-corrected chi connectivity index (χ2v) is 7.01. The van der Waals surface area contributed by atoms with Crippen molar-refractivity contribution in [2.45, 2.75) is 64.8 Å². The maximum Gasteiger partial charge on any atom is 0.315 e. The van der Waals surface area contributed by atoms with Crippen LogP contribution in [-0.4, -0.2) is 29.7 Å². The van der Waals surface area contributed by atoms with E-state index in [1.807, 2.05) is 0 Å². The number of carboxylic acids is 1. The Bertz CT molecular complexity index is 391. The molecule has 0 saturated heterocycles. The lowest BCUT2D eigenvalue weighted by Gasteiger charge is -2.29. The van der Waals surface area contributed by atoms with Crippen molar-refractivity contribution in [1.82, 2.24) is 10.6 Å². The van der Waals surface area contributed by atoms with Crippen LogP contribution in [0.3, 0.4) is 0 Å². The van der Waals surface area contributed by atoms with E-state index in [1.54, 1.807) is 6.92 Å². The van der Waals surface area contributed by atoms with Crippen molar-refractivity contribution in [3.8, 4) is 0 Å². The summed E-state index contributed by atoms with van der Waals surface area (Å²) in [7, 11) is 0. The van der Waals surface area contributed by atoms with Crippen LogP contribution in [0.25, 0.3) is 0 Å². The minimum Gasteiger partial charge on any atom is -0.481 e. The van der Waals surface area contributed by atoms with Gasteiger partial charge in [0.25, 0.3) is 0 Å². The Morgan fingerprint density at radius 1 is 1.15 bits per heavy atom. The smallest absolute Gasteiger partial charge is 0.315 e. The summed E-state index contributed by atoms with van der Waals surface area (Å²) < 4.78 is 0. The van der Waals surface area contributed by atoms with Crippen LogP contribution in [0.5, 0.6) is 0 Å². The summed E-state index contributed by atoms with van der Waals surface area (Å²) in [6, 6.07) is -0.492. The second-order valence-electron chi connectivity index (χ2n) is 7.01. The first-order valence-corrected chi connectivity index (χ1v) is 7.64. The number of hydrogen-bond donors (Lipinski definition) is 3. The first kappa shape index (κ1) is 15.1. The van der Waals surface area contributed by atoms with Crippen LogP contribution in [-0.2, 0) is 4.79 Å². The Morgan fingerprint density at radius 3 is 2.40 bits per heavy atom. The molecule has 2 aliphatic carbocycles. The van der Waals surface area contributed by atoms with Gasteiger partial charge in [0, 0.05) is 12.6 Å². The van der Waals surface area contributed by atoms with Gasteiger partial charge in [-0.2, -0.15) is 0 Å². The molecule has 2 unspecified atom stereocenters. The zero-order valence-corrected chi connectivity index (χ0v) is 12.5. The van der Waals surface area contributed by atoms with Gasteiger partial charge in [0.05, 0.1) is 5.41 Å². The van der Waals surface area contributed by atoms with E-state index < -0.39 is 11.4 Å². The molecule has 5 heteroatoms. The van der Waals surface area contributed by atoms with Gasteiger partial charge in [0.2, 0.25) is 0 Å². The fourth-order valence-electron chi connectivity index (χ4n) is 3.56. The highest BCUT2D eigenvalue weighted by molar-refractivity contribution is 5.79. The Balaban J connectivity index is 1.83. The quantitative estimate of drug-likeness (QED) is 0.741. The topological polar surface area (TPSA) is 78.4 Å². The van der Waals surface area contributed by atoms with E-state index >= 15 is 0 Å². The molecule has 2 fully saturated rings.